The van der Waals surface area contributed by atoms with Crippen molar-refractivity contribution in [3.63, 3.8) is 0 Å². The summed E-state index contributed by atoms with van der Waals surface area (Å²) in [5, 5.41) is 8.74. The molecule has 1 aromatic heterocycles. The summed E-state index contributed by atoms with van der Waals surface area (Å²) in [4.78, 5) is 28.8. The van der Waals surface area contributed by atoms with Crippen LogP contribution in [-0.2, 0) is 0 Å². The number of fused-ring (bicyclic) bond motifs is 2. The lowest BCUT2D eigenvalue weighted by Gasteiger charge is -2.33. The van der Waals surface area contributed by atoms with Gasteiger partial charge in [0.25, 0.3) is 5.91 Å². The Bertz CT molecular complexity index is 872. The highest BCUT2D eigenvalue weighted by Crippen LogP contribution is 2.36. The van der Waals surface area contributed by atoms with E-state index in [9.17, 15) is 9.59 Å². The van der Waals surface area contributed by atoms with Gasteiger partial charge in [-0.1, -0.05) is 19.9 Å². The summed E-state index contributed by atoms with van der Waals surface area (Å²) in [6.45, 7) is 4.25. The Hall–Kier alpha value is -2.57. The molecule has 7 heteroatoms. The van der Waals surface area contributed by atoms with E-state index in [-0.39, 0.29) is 36.0 Å². The Morgan fingerprint density at radius 1 is 1.27 bits per heavy atom. The van der Waals surface area contributed by atoms with Crippen LogP contribution in [0.3, 0.4) is 0 Å². The van der Waals surface area contributed by atoms with Gasteiger partial charge in [0.15, 0.2) is 0 Å². The molecule has 3 unspecified atom stereocenters. The first-order valence-corrected chi connectivity index (χ1v) is 9.29. The van der Waals surface area contributed by atoms with E-state index in [2.05, 4.69) is 34.4 Å². The summed E-state index contributed by atoms with van der Waals surface area (Å²) >= 11 is 0. The van der Waals surface area contributed by atoms with Crippen molar-refractivity contribution >= 4 is 23.0 Å². The topological polar surface area (TPSA) is 88.1 Å². The third kappa shape index (κ3) is 2.62. The molecule has 1 aliphatic heterocycles. The van der Waals surface area contributed by atoms with Gasteiger partial charge in [0, 0.05) is 19.0 Å². The van der Waals surface area contributed by atoms with E-state index in [0.29, 0.717) is 5.56 Å². The zero-order chi connectivity index (χ0) is 18.4. The molecule has 1 saturated carbocycles. The number of hydrogen-bond acceptors (Lipinski definition) is 3. The van der Waals surface area contributed by atoms with Crippen molar-refractivity contribution in [3.05, 3.63) is 29.6 Å². The molecule has 0 radical (unpaired) electrons. The zero-order valence-corrected chi connectivity index (χ0v) is 15.4. The van der Waals surface area contributed by atoms with Gasteiger partial charge < -0.3 is 20.5 Å². The van der Waals surface area contributed by atoms with Crippen LogP contribution in [0.25, 0.3) is 11.0 Å². The average Bonchev–Trinajstić information content (AvgIpc) is 3.19. The maximum absolute atomic E-state index is 12.3. The second-order valence-corrected chi connectivity index (χ2v) is 7.54. The first kappa shape index (κ1) is 16.9. The van der Waals surface area contributed by atoms with E-state index >= 15 is 0 Å². The molecule has 3 N–H and O–H groups in total. The number of benzene rings is 1. The van der Waals surface area contributed by atoms with Crippen LogP contribution in [0.1, 0.15) is 61.3 Å². The monoisotopic (exact) mass is 355 g/mol. The highest BCUT2D eigenvalue weighted by molar-refractivity contribution is 6.05. The van der Waals surface area contributed by atoms with Crippen LogP contribution in [0.15, 0.2) is 18.2 Å². The number of nitrogens with one attached hydrogen (secondary N) is 3. The summed E-state index contributed by atoms with van der Waals surface area (Å²) in [6, 6.07) is 6.35. The third-order valence-electron chi connectivity index (χ3n) is 5.56. The number of amides is 3. The molecule has 3 amide bonds. The molecule has 2 fully saturated rings. The molecule has 7 nitrogen and oxygen atoms in total. The highest BCUT2D eigenvalue weighted by atomic mass is 16.2. The summed E-state index contributed by atoms with van der Waals surface area (Å²) in [5.74, 6) is 1.12. The Kier molecular flexibility index (Phi) is 4.09. The number of rotatable bonds is 3. The van der Waals surface area contributed by atoms with E-state index in [4.69, 9.17) is 4.98 Å². The minimum atomic E-state index is -0.119. The summed E-state index contributed by atoms with van der Waals surface area (Å²) in [7, 11) is 1.64. The van der Waals surface area contributed by atoms with Crippen molar-refractivity contribution in [3.8, 4) is 0 Å². The molecule has 4 rings (SSSR count). The molecule has 1 aromatic carbocycles. The fourth-order valence-corrected chi connectivity index (χ4v) is 4.34. The van der Waals surface area contributed by atoms with E-state index in [1.54, 1.807) is 7.05 Å². The van der Waals surface area contributed by atoms with Crippen molar-refractivity contribution in [2.75, 3.05) is 7.05 Å². The van der Waals surface area contributed by atoms with Crippen molar-refractivity contribution in [2.24, 2.45) is 0 Å². The highest BCUT2D eigenvalue weighted by Gasteiger charge is 2.38. The molecule has 3 atom stereocenters. The van der Waals surface area contributed by atoms with E-state index in [1.165, 1.54) is 0 Å². The van der Waals surface area contributed by atoms with Crippen LogP contribution < -0.4 is 16.0 Å². The van der Waals surface area contributed by atoms with Gasteiger partial charge in [0.1, 0.15) is 11.3 Å². The van der Waals surface area contributed by atoms with E-state index in [0.717, 1.165) is 36.1 Å². The SMILES string of the molecule is CNC(=O)c1cccc2c1nc(C(C)C)n2C1CCC2NC(=O)NC2C1. The van der Waals surface area contributed by atoms with Crippen molar-refractivity contribution in [1.29, 1.82) is 0 Å². The minimum absolute atomic E-state index is 0.0675. The number of para-hydroxylation sites is 1. The van der Waals surface area contributed by atoms with Gasteiger partial charge in [-0.15, -0.1) is 0 Å². The van der Waals surface area contributed by atoms with Gasteiger partial charge >= 0.3 is 6.03 Å². The van der Waals surface area contributed by atoms with Crippen molar-refractivity contribution in [2.45, 2.75) is 57.2 Å². The number of nitrogens with zero attached hydrogens (tertiary/aromatic N) is 2. The standard InChI is InChI=1S/C19H25N5O2/c1-10(2)17-23-16-12(18(25)20-3)5-4-6-15(16)24(17)11-7-8-13-14(9-11)22-19(26)21-13/h4-6,10-11,13-14H,7-9H2,1-3H3,(H,20,25)(H2,21,22,26). The predicted octanol–water partition coefficient (Wildman–Crippen LogP) is 2.29. The molecule has 2 aromatic rings. The number of imidazole rings is 1. The molecule has 0 bridgehead atoms. The van der Waals surface area contributed by atoms with Crippen LogP contribution in [-0.4, -0.2) is 40.6 Å². The summed E-state index contributed by atoms with van der Waals surface area (Å²) in [6.07, 6.45) is 2.80. The molecular weight excluding hydrogens is 330 g/mol. The van der Waals surface area contributed by atoms with E-state index in [1.807, 2.05) is 18.2 Å². The lowest BCUT2D eigenvalue weighted by Crippen LogP contribution is -2.40. The van der Waals surface area contributed by atoms with Crippen LogP contribution >= 0.6 is 0 Å². The zero-order valence-electron chi connectivity index (χ0n) is 15.4. The smallest absolute Gasteiger partial charge is 0.315 e. The number of carbonyl (C=O) groups excluding carboxylic acids is 2. The first-order valence-electron chi connectivity index (χ1n) is 9.29. The van der Waals surface area contributed by atoms with Crippen LogP contribution in [0.5, 0.6) is 0 Å². The molecule has 2 aliphatic rings. The molecule has 2 heterocycles. The normalized spacial score (nSPS) is 25.1. The Labute approximate surface area is 152 Å². The number of hydrogen-bond donors (Lipinski definition) is 3. The largest absolute Gasteiger partial charge is 0.355 e. The van der Waals surface area contributed by atoms with Crippen LogP contribution in [0.4, 0.5) is 4.79 Å². The second-order valence-electron chi connectivity index (χ2n) is 7.54. The molecule has 0 spiro atoms. The van der Waals surface area contributed by atoms with Gasteiger partial charge in [-0.3, -0.25) is 4.79 Å². The predicted molar refractivity (Wildman–Crippen MR) is 99.3 cm³/mol. The van der Waals surface area contributed by atoms with Gasteiger partial charge in [-0.2, -0.15) is 0 Å². The number of urea groups is 1. The van der Waals surface area contributed by atoms with Crippen LogP contribution in [0, 0.1) is 0 Å². The Morgan fingerprint density at radius 2 is 2.04 bits per heavy atom. The Balaban J connectivity index is 1.80. The minimum Gasteiger partial charge on any atom is -0.355 e. The maximum atomic E-state index is 12.3. The van der Waals surface area contributed by atoms with Crippen molar-refractivity contribution < 1.29 is 9.59 Å². The summed E-state index contributed by atoms with van der Waals surface area (Å²) < 4.78 is 2.30. The molecule has 138 valence electrons. The fraction of sp³-hybridized carbons (Fsp3) is 0.526. The molecule has 1 saturated heterocycles. The van der Waals surface area contributed by atoms with Gasteiger partial charge in [0.05, 0.1) is 23.2 Å². The fourth-order valence-electron chi connectivity index (χ4n) is 4.34. The van der Waals surface area contributed by atoms with Gasteiger partial charge in [-0.25, -0.2) is 9.78 Å². The maximum Gasteiger partial charge on any atom is 0.315 e. The van der Waals surface area contributed by atoms with E-state index < -0.39 is 0 Å². The molecular formula is C19H25N5O2. The Morgan fingerprint density at radius 3 is 2.77 bits per heavy atom. The lowest BCUT2D eigenvalue weighted by atomic mass is 9.87. The van der Waals surface area contributed by atoms with Crippen molar-refractivity contribution in [1.82, 2.24) is 25.5 Å². The second kappa shape index (κ2) is 6.30. The molecule has 1 aliphatic carbocycles. The van der Waals surface area contributed by atoms with Gasteiger partial charge in [0.2, 0.25) is 0 Å². The number of carbonyl (C=O) groups is 2. The number of aromatic nitrogens is 2. The summed E-state index contributed by atoms with van der Waals surface area (Å²) in [5.41, 5.74) is 2.36. The quantitative estimate of drug-likeness (QED) is 0.789. The molecule has 26 heavy (non-hydrogen) atoms. The lowest BCUT2D eigenvalue weighted by molar-refractivity contribution is 0.0964. The van der Waals surface area contributed by atoms with Gasteiger partial charge in [-0.05, 0) is 31.4 Å². The first-order chi connectivity index (χ1) is 12.5. The third-order valence-corrected chi connectivity index (χ3v) is 5.56. The van der Waals surface area contributed by atoms with Crippen LogP contribution in [0.2, 0.25) is 0 Å². The average molecular weight is 355 g/mol.